The number of nitrogens with zero attached hydrogens (tertiary/aromatic N) is 2. The lowest BCUT2D eigenvalue weighted by atomic mass is 9.90. The van der Waals surface area contributed by atoms with Crippen LogP contribution in [0.4, 0.5) is 0 Å². The summed E-state index contributed by atoms with van der Waals surface area (Å²) < 4.78 is 32.1. The minimum absolute atomic E-state index is 0. The zero-order valence-corrected chi connectivity index (χ0v) is 16.5. The number of hydrogen-bond donors (Lipinski definition) is 1. The molecule has 2 aliphatic rings. The van der Waals surface area contributed by atoms with Gasteiger partial charge in [-0.1, -0.05) is 13.0 Å². The number of morpholine rings is 1. The highest BCUT2D eigenvalue weighted by atomic mass is 35.5. The fourth-order valence-electron chi connectivity index (χ4n) is 3.27. The third kappa shape index (κ3) is 4.20. The summed E-state index contributed by atoms with van der Waals surface area (Å²) in [5.74, 6) is -0.142. The van der Waals surface area contributed by atoms with E-state index >= 15 is 0 Å². The molecular formula is C17H26ClN3O4S. The molecule has 2 aliphatic heterocycles. The van der Waals surface area contributed by atoms with Gasteiger partial charge in [-0.15, -0.1) is 12.4 Å². The SMILES string of the molecule is CC1(CN)CCN(C(=O)c2cccc(S(=O)(=O)N3CCOCC3)c2)C1.Cl. The molecule has 1 aromatic rings. The zero-order valence-electron chi connectivity index (χ0n) is 14.9. The Morgan fingerprint density at radius 2 is 1.96 bits per heavy atom. The molecule has 2 saturated heterocycles. The molecule has 1 atom stereocenters. The van der Waals surface area contributed by atoms with Gasteiger partial charge >= 0.3 is 0 Å². The van der Waals surface area contributed by atoms with Crippen LogP contribution in [0.5, 0.6) is 0 Å². The smallest absolute Gasteiger partial charge is 0.253 e. The fraction of sp³-hybridized carbons (Fsp3) is 0.588. The second kappa shape index (κ2) is 8.22. The molecule has 2 fully saturated rings. The van der Waals surface area contributed by atoms with Crippen LogP contribution < -0.4 is 5.73 Å². The van der Waals surface area contributed by atoms with E-state index in [4.69, 9.17) is 10.5 Å². The Labute approximate surface area is 160 Å². The number of benzene rings is 1. The van der Waals surface area contributed by atoms with E-state index in [1.807, 2.05) is 0 Å². The fourth-order valence-corrected chi connectivity index (χ4v) is 4.73. The number of amides is 1. The van der Waals surface area contributed by atoms with Gasteiger partial charge in [-0.2, -0.15) is 4.31 Å². The predicted molar refractivity (Wildman–Crippen MR) is 101 cm³/mol. The number of carbonyl (C=O) groups excluding carboxylic acids is 1. The maximum Gasteiger partial charge on any atom is 0.253 e. The van der Waals surface area contributed by atoms with E-state index in [1.54, 1.807) is 17.0 Å². The first-order chi connectivity index (χ1) is 11.9. The van der Waals surface area contributed by atoms with Gasteiger partial charge in [-0.25, -0.2) is 8.42 Å². The normalized spacial score (nSPS) is 24.3. The van der Waals surface area contributed by atoms with Gasteiger partial charge in [-0.3, -0.25) is 4.79 Å². The molecule has 0 bridgehead atoms. The van der Waals surface area contributed by atoms with Crippen molar-refractivity contribution in [3.05, 3.63) is 29.8 Å². The monoisotopic (exact) mass is 403 g/mol. The van der Waals surface area contributed by atoms with Crippen LogP contribution in [0, 0.1) is 5.41 Å². The molecule has 1 amide bonds. The van der Waals surface area contributed by atoms with Crippen molar-refractivity contribution < 1.29 is 17.9 Å². The van der Waals surface area contributed by atoms with E-state index in [1.165, 1.54) is 16.4 Å². The summed E-state index contributed by atoms with van der Waals surface area (Å²) in [7, 11) is -3.61. The number of carbonyl (C=O) groups is 1. The topological polar surface area (TPSA) is 92.9 Å². The molecule has 26 heavy (non-hydrogen) atoms. The Morgan fingerprint density at radius 3 is 2.58 bits per heavy atom. The molecule has 1 aromatic carbocycles. The Morgan fingerprint density at radius 1 is 1.27 bits per heavy atom. The highest BCUT2D eigenvalue weighted by Gasteiger charge is 2.35. The van der Waals surface area contributed by atoms with Crippen molar-refractivity contribution in [2.45, 2.75) is 18.2 Å². The van der Waals surface area contributed by atoms with Crippen LogP contribution in [0.15, 0.2) is 29.2 Å². The summed E-state index contributed by atoms with van der Waals surface area (Å²) in [5.41, 5.74) is 6.14. The molecule has 7 nitrogen and oxygen atoms in total. The summed E-state index contributed by atoms with van der Waals surface area (Å²) in [6.07, 6.45) is 0.862. The molecule has 0 radical (unpaired) electrons. The first kappa shape index (κ1) is 21.1. The molecule has 9 heteroatoms. The number of likely N-dealkylation sites (tertiary alicyclic amines) is 1. The molecule has 2 N–H and O–H groups in total. The van der Waals surface area contributed by atoms with Gasteiger partial charge in [0.1, 0.15) is 0 Å². The number of nitrogens with two attached hydrogens (primary N) is 1. The van der Waals surface area contributed by atoms with Crippen molar-refractivity contribution in [1.82, 2.24) is 9.21 Å². The third-order valence-electron chi connectivity index (χ3n) is 5.03. The summed E-state index contributed by atoms with van der Waals surface area (Å²) in [6, 6.07) is 6.30. The summed E-state index contributed by atoms with van der Waals surface area (Å²) in [6.45, 7) is 5.30. The number of halogens is 1. The molecule has 2 heterocycles. The Bertz CT molecular complexity index is 752. The van der Waals surface area contributed by atoms with E-state index < -0.39 is 10.0 Å². The highest BCUT2D eigenvalue weighted by Crippen LogP contribution is 2.30. The van der Waals surface area contributed by atoms with Crippen LogP contribution in [0.3, 0.4) is 0 Å². The minimum Gasteiger partial charge on any atom is -0.379 e. The van der Waals surface area contributed by atoms with Gasteiger partial charge < -0.3 is 15.4 Å². The van der Waals surface area contributed by atoms with Crippen LogP contribution in [-0.2, 0) is 14.8 Å². The largest absolute Gasteiger partial charge is 0.379 e. The average molecular weight is 404 g/mol. The van der Waals surface area contributed by atoms with Gasteiger partial charge in [-0.05, 0) is 36.6 Å². The van der Waals surface area contributed by atoms with Crippen molar-refractivity contribution in [1.29, 1.82) is 0 Å². The van der Waals surface area contributed by atoms with Gasteiger partial charge in [0.2, 0.25) is 10.0 Å². The second-order valence-corrected chi connectivity index (χ2v) is 8.97. The van der Waals surface area contributed by atoms with Crippen LogP contribution in [-0.4, -0.2) is 69.5 Å². The molecule has 0 aromatic heterocycles. The number of hydrogen-bond acceptors (Lipinski definition) is 5. The van der Waals surface area contributed by atoms with Crippen LogP contribution >= 0.6 is 12.4 Å². The van der Waals surface area contributed by atoms with E-state index in [9.17, 15) is 13.2 Å². The van der Waals surface area contributed by atoms with Gasteiger partial charge in [0.25, 0.3) is 5.91 Å². The first-order valence-corrected chi connectivity index (χ1v) is 9.97. The molecule has 0 spiro atoms. The van der Waals surface area contributed by atoms with Crippen molar-refractivity contribution >= 4 is 28.3 Å². The van der Waals surface area contributed by atoms with Crippen LogP contribution in [0.25, 0.3) is 0 Å². The van der Waals surface area contributed by atoms with Gasteiger partial charge in [0.15, 0.2) is 0 Å². The predicted octanol–water partition coefficient (Wildman–Crippen LogP) is 0.940. The van der Waals surface area contributed by atoms with Crippen LogP contribution in [0.2, 0.25) is 0 Å². The lowest BCUT2D eigenvalue weighted by molar-refractivity contribution is 0.0730. The Kier molecular flexibility index (Phi) is 6.68. The number of rotatable bonds is 4. The first-order valence-electron chi connectivity index (χ1n) is 8.53. The summed E-state index contributed by atoms with van der Waals surface area (Å²) >= 11 is 0. The highest BCUT2D eigenvalue weighted by molar-refractivity contribution is 7.89. The second-order valence-electron chi connectivity index (χ2n) is 7.04. The summed E-state index contributed by atoms with van der Waals surface area (Å²) in [5, 5.41) is 0. The molecule has 3 rings (SSSR count). The quantitative estimate of drug-likeness (QED) is 0.807. The minimum atomic E-state index is -3.61. The van der Waals surface area contributed by atoms with Crippen molar-refractivity contribution in [2.75, 3.05) is 45.9 Å². The maximum absolute atomic E-state index is 12.8. The van der Waals surface area contributed by atoms with Crippen molar-refractivity contribution in [2.24, 2.45) is 11.1 Å². The third-order valence-corrected chi connectivity index (χ3v) is 6.92. The van der Waals surface area contributed by atoms with Gasteiger partial charge in [0.05, 0.1) is 18.1 Å². The number of sulfonamides is 1. The van der Waals surface area contributed by atoms with E-state index in [-0.39, 0.29) is 28.6 Å². The molecule has 146 valence electrons. The average Bonchev–Trinajstić information content (AvgIpc) is 3.05. The molecule has 0 aliphatic carbocycles. The standard InChI is InChI=1S/C17H25N3O4S.ClH/c1-17(12-18)5-6-19(13-17)16(21)14-3-2-4-15(11-14)25(22,23)20-7-9-24-10-8-20;/h2-4,11H,5-10,12-13,18H2,1H3;1H. The van der Waals surface area contributed by atoms with Crippen molar-refractivity contribution in [3.63, 3.8) is 0 Å². The number of ether oxygens (including phenoxy) is 1. The summed E-state index contributed by atoms with van der Waals surface area (Å²) in [4.78, 5) is 14.7. The Balaban J connectivity index is 0.00000243. The lowest BCUT2D eigenvalue weighted by Gasteiger charge is -2.26. The zero-order chi connectivity index (χ0) is 18.1. The van der Waals surface area contributed by atoms with Crippen LogP contribution in [0.1, 0.15) is 23.7 Å². The lowest BCUT2D eigenvalue weighted by Crippen LogP contribution is -2.40. The van der Waals surface area contributed by atoms with E-state index in [0.717, 1.165) is 6.42 Å². The maximum atomic E-state index is 12.8. The Hall–Kier alpha value is -1.19. The molecular weight excluding hydrogens is 378 g/mol. The van der Waals surface area contributed by atoms with E-state index in [0.29, 0.717) is 51.5 Å². The van der Waals surface area contributed by atoms with Crippen molar-refractivity contribution in [3.8, 4) is 0 Å². The molecule has 1 unspecified atom stereocenters. The van der Waals surface area contributed by atoms with E-state index in [2.05, 4.69) is 6.92 Å². The molecule has 0 saturated carbocycles. The van der Waals surface area contributed by atoms with Gasteiger partial charge in [0, 0.05) is 31.7 Å².